The maximum atomic E-state index is 11.8. The first-order valence-corrected chi connectivity index (χ1v) is 7.78. The third-order valence-corrected chi connectivity index (χ3v) is 3.36. The molecule has 2 rings (SSSR count). The van der Waals surface area contributed by atoms with Crippen molar-refractivity contribution in [1.82, 2.24) is 0 Å². The number of hydrogen-bond acceptors (Lipinski definition) is 4. The first-order valence-electron chi connectivity index (χ1n) is 7.78. The molecule has 2 aromatic carbocycles. The molecule has 4 heteroatoms. The molecule has 0 atom stereocenters. The van der Waals surface area contributed by atoms with Gasteiger partial charge >= 0.3 is 0 Å². The van der Waals surface area contributed by atoms with Gasteiger partial charge < -0.3 is 14.8 Å². The molecule has 0 aromatic heterocycles. The number of benzene rings is 2. The zero-order valence-electron chi connectivity index (χ0n) is 14.5. The summed E-state index contributed by atoms with van der Waals surface area (Å²) < 4.78 is 11.0. The normalized spacial score (nSPS) is 11.3. The monoisotopic (exact) mass is 325 g/mol. The van der Waals surface area contributed by atoms with Crippen molar-refractivity contribution in [2.24, 2.45) is 5.41 Å². The third-order valence-electron chi connectivity index (χ3n) is 3.36. The first kappa shape index (κ1) is 17.6. The molecule has 0 aliphatic carbocycles. The summed E-state index contributed by atoms with van der Waals surface area (Å²) in [5, 5.41) is 3.08. The van der Waals surface area contributed by atoms with Crippen molar-refractivity contribution >= 4 is 11.5 Å². The van der Waals surface area contributed by atoms with E-state index in [1.165, 1.54) is 0 Å². The van der Waals surface area contributed by atoms with Gasteiger partial charge in [-0.3, -0.25) is 4.79 Å². The van der Waals surface area contributed by atoms with Gasteiger partial charge in [0, 0.05) is 23.4 Å². The summed E-state index contributed by atoms with van der Waals surface area (Å²) in [6, 6.07) is 14.9. The van der Waals surface area contributed by atoms with E-state index in [0.29, 0.717) is 5.75 Å². The van der Waals surface area contributed by atoms with Crippen LogP contribution in [0.5, 0.6) is 17.2 Å². The number of ether oxygens (including phenoxy) is 2. The van der Waals surface area contributed by atoms with Crippen molar-refractivity contribution in [2.45, 2.75) is 20.8 Å². The molecule has 0 radical (unpaired) electrons. The van der Waals surface area contributed by atoms with Crippen molar-refractivity contribution in [1.29, 1.82) is 0 Å². The van der Waals surface area contributed by atoms with E-state index in [4.69, 9.17) is 9.47 Å². The standard InChI is InChI=1S/C20H23NO3/c1-20(2,3)19(22)12-13-21-15-8-10-16(11-9-15)24-18-7-5-6-17(14-18)23-4/h5-14,21H,1-4H3/b13-12+. The predicted octanol–water partition coefficient (Wildman–Crippen LogP) is 5.03. The van der Waals surface area contributed by atoms with Crippen LogP contribution < -0.4 is 14.8 Å². The average Bonchev–Trinajstić information content (AvgIpc) is 2.55. The van der Waals surface area contributed by atoms with E-state index in [1.807, 2.05) is 69.3 Å². The van der Waals surface area contributed by atoms with Gasteiger partial charge in [0.1, 0.15) is 17.2 Å². The van der Waals surface area contributed by atoms with Crippen LogP contribution >= 0.6 is 0 Å². The molecular weight excluding hydrogens is 302 g/mol. The summed E-state index contributed by atoms with van der Waals surface area (Å²) in [5.74, 6) is 2.27. The lowest BCUT2D eigenvalue weighted by Gasteiger charge is -2.13. The van der Waals surface area contributed by atoms with Crippen LogP contribution in [0, 0.1) is 5.41 Å². The van der Waals surface area contributed by atoms with Crippen molar-refractivity contribution in [2.75, 3.05) is 12.4 Å². The van der Waals surface area contributed by atoms with Gasteiger partial charge in [-0.2, -0.15) is 0 Å². The number of anilines is 1. The Kier molecular flexibility index (Phi) is 5.64. The molecule has 0 saturated heterocycles. The highest BCUT2D eigenvalue weighted by molar-refractivity contribution is 5.94. The van der Waals surface area contributed by atoms with Gasteiger partial charge in [-0.1, -0.05) is 26.8 Å². The Hall–Kier alpha value is -2.75. The van der Waals surface area contributed by atoms with Gasteiger partial charge in [0.25, 0.3) is 0 Å². The van der Waals surface area contributed by atoms with E-state index in [-0.39, 0.29) is 11.2 Å². The second-order valence-electron chi connectivity index (χ2n) is 6.40. The van der Waals surface area contributed by atoms with Crippen molar-refractivity contribution < 1.29 is 14.3 Å². The highest BCUT2D eigenvalue weighted by Gasteiger charge is 2.17. The molecule has 0 aliphatic rings. The maximum absolute atomic E-state index is 11.8. The summed E-state index contributed by atoms with van der Waals surface area (Å²) in [6.45, 7) is 5.68. The van der Waals surface area contributed by atoms with Crippen LogP contribution in [0.25, 0.3) is 0 Å². The number of carbonyl (C=O) groups excluding carboxylic acids is 1. The fourth-order valence-electron chi connectivity index (χ4n) is 1.88. The number of ketones is 1. The minimum absolute atomic E-state index is 0.0768. The molecule has 24 heavy (non-hydrogen) atoms. The zero-order valence-corrected chi connectivity index (χ0v) is 14.5. The van der Waals surface area contributed by atoms with Crippen LogP contribution in [-0.2, 0) is 4.79 Å². The lowest BCUT2D eigenvalue weighted by Crippen LogP contribution is -2.17. The van der Waals surface area contributed by atoms with Gasteiger partial charge in [0.15, 0.2) is 5.78 Å². The van der Waals surface area contributed by atoms with E-state index in [9.17, 15) is 4.79 Å². The minimum Gasteiger partial charge on any atom is -0.497 e. The Morgan fingerprint density at radius 3 is 2.29 bits per heavy atom. The number of allylic oxidation sites excluding steroid dienone is 1. The topological polar surface area (TPSA) is 47.6 Å². The molecule has 0 unspecified atom stereocenters. The smallest absolute Gasteiger partial charge is 0.162 e. The molecule has 0 bridgehead atoms. The molecule has 1 N–H and O–H groups in total. The Labute approximate surface area is 143 Å². The fraction of sp³-hybridized carbons (Fsp3) is 0.250. The molecule has 0 heterocycles. The summed E-state index contributed by atoms with van der Waals surface area (Å²) in [4.78, 5) is 11.8. The number of rotatable bonds is 6. The van der Waals surface area contributed by atoms with Crippen LogP contribution in [0.3, 0.4) is 0 Å². The summed E-state index contributed by atoms with van der Waals surface area (Å²) >= 11 is 0. The number of methoxy groups -OCH3 is 1. The maximum Gasteiger partial charge on any atom is 0.162 e. The Bertz CT molecular complexity index is 712. The highest BCUT2D eigenvalue weighted by Crippen LogP contribution is 2.26. The van der Waals surface area contributed by atoms with E-state index in [1.54, 1.807) is 19.4 Å². The van der Waals surface area contributed by atoms with E-state index >= 15 is 0 Å². The summed E-state index contributed by atoms with van der Waals surface area (Å²) in [5.41, 5.74) is 0.512. The molecule has 0 spiro atoms. The van der Waals surface area contributed by atoms with Gasteiger partial charge in [-0.15, -0.1) is 0 Å². The molecule has 0 fully saturated rings. The van der Waals surface area contributed by atoms with Crippen LogP contribution in [-0.4, -0.2) is 12.9 Å². The van der Waals surface area contributed by atoms with Crippen LogP contribution in [0.4, 0.5) is 5.69 Å². The predicted molar refractivity (Wildman–Crippen MR) is 96.7 cm³/mol. The van der Waals surface area contributed by atoms with Crippen molar-refractivity contribution in [3.63, 3.8) is 0 Å². The Morgan fingerprint density at radius 1 is 1.00 bits per heavy atom. The van der Waals surface area contributed by atoms with Crippen LogP contribution in [0.15, 0.2) is 60.8 Å². The van der Waals surface area contributed by atoms with Gasteiger partial charge in [0.05, 0.1) is 7.11 Å². The van der Waals surface area contributed by atoms with Crippen molar-refractivity contribution in [3.8, 4) is 17.2 Å². The number of nitrogens with one attached hydrogen (secondary N) is 1. The Balaban J connectivity index is 1.95. The van der Waals surface area contributed by atoms with Gasteiger partial charge in [-0.05, 0) is 42.5 Å². The molecule has 4 nitrogen and oxygen atoms in total. The molecular formula is C20H23NO3. The molecule has 0 saturated carbocycles. The quantitative estimate of drug-likeness (QED) is 0.757. The largest absolute Gasteiger partial charge is 0.497 e. The van der Waals surface area contributed by atoms with Crippen LogP contribution in [0.2, 0.25) is 0 Å². The van der Waals surface area contributed by atoms with E-state index in [0.717, 1.165) is 17.2 Å². The Morgan fingerprint density at radius 2 is 1.67 bits per heavy atom. The molecule has 2 aromatic rings. The van der Waals surface area contributed by atoms with Crippen LogP contribution in [0.1, 0.15) is 20.8 Å². The van der Waals surface area contributed by atoms with E-state index < -0.39 is 0 Å². The first-order chi connectivity index (χ1) is 11.4. The molecule has 0 aliphatic heterocycles. The highest BCUT2D eigenvalue weighted by atomic mass is 16.5. The van der Waals surface area contributed by atoms with E-state index in [2.05, 4.69) is 5.32 Å². The number of hydrogen-bond donors (Lipinski definition) is 1. The van der Waals surface area contributed by atoms with Crippen molar-refractivity contribution in [3.05, 3.63) is 60.8 Å². The number of carbonyl (C=O) groups is 1. The fourth-order valence-corrected chi connectivity index (χ4v) is 1.88. The van der Waals surface area contributed by atoms with Gasteiger partial charge in [0.2, 0.25) is 0 Å². The van der Waals surface area contributed by atoms with Gasteiger partial charge in [-0.25, -0.2) is 0 Å². The SMILES string of the molecule is COc1cccc(Oc2ccc(N/C=C/C(=O)C(C)(C)C)cc2)c1. The lowest BCUT2D eigenvalue weighted by atomic mass is 9.91. The zero-order chi connectivity index (χ0) is 17.6. The second kappa shape index (κ2) is 7.68. The lowest BCUT2D eigenvalue weighted by molar-refractivity contribution is -0.121. The summed E-state index contributed by atoms with van der Waals surface area (Å²) in [7, 11) is 1.62. The average molecular weight is 325 g/mol. The second-order valence-corrected chi connectivity index (χ2v) is 6.40. The summed E-state index contributed by atoms with van der Waals surface area (Å²) in [6.07, 6.45) is 3.21. The molecule has 126 valence electrons. The minimum atomic E-state index is -0.368. The third kappa shape index (κ3) is 5.16. The molecule has 0 amide bonds.